The average molecular weight is 311 g/mol. The Morgan fingerprint density at radius 1 is 1.55 bits per heavy atom. The molecule has 0 radical (unpaired) electrons. The number of carbonyl (C=O) groups is 2. The zero-order chi connectivity index (χ0) is 14.6. The van der Waals surface area contributed by atoms with Crippen molar-refractivity contribution in [2.24, 2.45) is 0 Å². The Morgan fingerprint density at radius 2 is 2.35 bits per heavy atom. The van der Waals surface area contributed by atoms with E-state index >= 15 is 0 Å². The molecule has 2 N–H and O–H groups in total. The summed E-state index contributed by atoms with van der Waals surface area (Å²) in [6.07, 6.45) is 4.91. The molecule has 1 amide bonds. The van der Waals surface area contributed by atoms with Crippen LogP contribution in [0.2, 0.25) is 0 Å². The first-order valence-electron chi connectivity index (χ1n) is 6.40. The van der Waals surface area contributed by atoms with Crippen LogP contribution >= 0.6 is 23.1 Å². The summed E-state index contributed by atoms with van der Waals surface area (Å²) in [5.74, 6) is 0.0788. The molecule has 1 atom stereocenters. The third kappa shape index (κ3) is 4.11. The van der Waals surface area contributed by atoms with Gasteiger partial charge in [-0.15, -0.1) is 11.3 Å². The predicted molar refractivity (Wildman–Crippen MR) is 83.4 cm³/mol. The number of thioether (sulfide) groups is 1. The van der Waals surface area contributed by atoms with Crippen molar-refractivity contribution in [3.63, 3.8) is 0 Å². The van der Waals surface area contributed by atoms with Crippen LogP contribution in [0.3, 0.4) is 0 Å². The van der Waals surface area contributed by atoms with Crippen molar-refractivity contribution >= 4 is 41.1 Å². The Morgan fingerprint density at radius 3 is 3.00 bits per heavy atom. The second kappa shape index (κ2) is 6.45. The van der Waals surface area contributed by atoms with E-state index in [1.807, 2.05) is 11.8 Å². The molecule has 1 aliphatic rings. The molecule has 1 fully saturated rings. The van der Waals surface area contributed by atoms with E-state index in [1.54, 1.807) is 11.4 Å². The molecule has 1 aromatic rings. The van der Waals surface area contributed by atoms with Crippen LogP contribution in [-0.2, 0) is 4.79 Å². The number of aliphatic carboxylic acids is 1. The van der Waals surface area contributed by atoms with Gasteiger partial charge in [0.05, 0.1) is 5.56 Å². The molecule has 1 aromatic heterocycles. The van der Waals surface area contributed by atoms with Gasteiger partial charge in [0, 0.05) is 27.6 Å². The van der Waals surface area contributed by atoms with E-state index in [2.05, 4.69) is 12.2 Å². The van der Waals surface area contributed by atoms with Crippen molar-refractivity contribution in [1.82, 2.24) is 5.32 Å². The molecule has 0 saturated carbocycles. The summed E-state index contributed by atoms with van der Waals surface area (Å²) in [7, 11) is 0. The first-order valence-corrected chi connectivity index (χ1v) is 8.27. The van der Waals surface area contributed by atoms with Crippen LogP contribution in [0.4, 0.5) is 0 Å². The number of amides is 1. The number of rotatable bonds is 5. The maximum absolute atomic E-state index is 12.0. The Bertz CT molecular complexity index is 530. The van der Waals surface area contributed by atoms with E-state index in [0.29, 0.717) is 12.1 Å². The van der Waals surface area contributed by atoms with Gasteiger partial charge >= 0.3 is 5.97 Å². The molecule has 1 aliphatic heterocycles. The van der Waals surface area contributed by atoms with Crippen LogP contribution in [0, 0.1) is 0 Å². The molecule has 0 aromatic carbocycles. The fraction of sp³-hybridized carbons (Fsp3) is 0.429. The summed E-state index contributed by atoms with van der Waals surface area (Å²) in [5.41, 5.74) is 0.589. The van der Waals surface area contributed by atoms with Gasteiger partial charge in [-0.2, -0.15) is 11.8 Å². The van der Waals surface area contributed by atoms with Gasteiger partial charge in [0.25, 0.3) is 5.91 Å². The van der Waals surface area contributed by atoms with Gasteiger partial charge in [0.2, 0.25) is 0 Å². The highest BCUT2D eigenvalue weighted by atomic mass is 32.2. The minimum atomic E-state index is -0.990. The quantitative estimate of drug-likeness (QED) is 0.821. The van der Waals surface area contributed by atoms with Crippen LogP contribution in [-0.4, -0.2) is 34.0 Å². The molecule has 0 aliphatic carbocycles. The van der Waals surface area contributed by atoms with Gasteiger partial charge in [-0.3, -0.25) is 4.79 Å². The third-order valence-corrected chi connectivity index (χ3v) is 5.63. The summed E-state index contributed by atoms with van der Waals surface area (Å²) in [6, 6.07) is 1.71. The molecule has 108 valence electrons. The Labute approximate surface area is 126 Å². The second-order valence-electron chi connectivity index (χ2n) is 4.99. The summed E-state index contributed by atoms with van der Waals surface area (Å²) >= 11 is 3.27. The fourth-order valence-electron chi connectivity index (χ4n) is 2.06. The van der Waals surface area contributed by atoms with E-state index in [4.69, 9.17) is 5.11 Å². The lowest BCUT2D eigenvalue weighted by Crippen LogP contribution is -2.36. The standard InChI is InChI=1S/C14H17NO3S2/c1-14(5-2-6-20-14)9-15-13(18)10-7-11(19-8-10)3-4-12(16)17/h3-4,7-8H,2,5-6,9H2,1H3,(H,15,18)(H,16,17)/b4-3+. The second-order valence-corrected chi connectivity index (χ2v) is 7.62. The number of carboxylic acids is 1. The number of carboxylic acid groups (broad SMARTS) is 1. The van der Waals surface area contributed by atoms with Gasteiger partial charge < -0.3 is 10.4 Å². The predicted octanol–water partition coefficient (Wildman–Crippen LogP) is 2.86. The number of thiophene rings is 1. The number of carbonyl (C=O) groups excluding carboxylic acids is 1. The Balaban J connectivity index is 1.91. The largest absolute Gasteiger partial charge is 0.478 e. The molecule has 0 bridgehead atoms. The van der Waals surface area contributed by atoms with E-state index in [-0.39, 0.29) is 10.7 Å². The number of nitrogens with one attached hydrogen (secondary N) is 1. The molecular weight excluding hydrogens is 294 g/mol. The maximum atomic E-state index is 12.0. The van der Waals surface area contributed by atoms with Crippen LogP contribution in [0.1, 0.15) is 35.0 Å². The number of hydrogen-bond acceptors (Lipinski definition) is 4. The monoisotopic (exact) mass is 311 g/mol. The van der Waals surface area contributed by atoms with Crippen molar-refractivity contribution in [1.29, 1.82) is 0 Å². The molecule has 4 nitrogen and oxygen atoms in total. The van der Waals surface area contributed by atoms with Crippen molar-refractivity contribution in [2.75, 3.05) is 12.3 Å². The molecule has 2 rings (SSSR count). The van der Waals surface area contributed by atoms with Crippen molar-refractivity contribution in [2.45, 2.75) is 24.5 Å². The summed E-state index contributed by atoms with van der Waals surface area (Å²) in [4.78, 5) is 23.2. The first-order chi connectivity index (χ1) is 9.48. The van der Waals surface area contributed by atoms with Crippen molar-refractivity contribution in [3.05, 3.63) is 28.0 Å². The molecule has 0 spiro atoms. The normalized spacial score (nSPS) is 22.2. The SMILES string of the molecule is CC1(CNC(=O)c2csc(/C=C/C(=O)O)c2)CCCS1. The van der Waals surface area contributed by atoms with Crippen LogP contribution < -0.4 is 5.32 Å². The molecule has 20 heavy (non-hydrogen) atoms. The minimum absolute atomic E-state index is 0.0926. The summed E-state index contributed by atoms with van der Waals surface area (Å²) in [5, 5.41) is 13.3. The lowest BCUT2D eigenvalue weighted by molar-refractivity contribution is -0.131. The maximum Gasteiger partial charge on any atom is 0.328 e. The summed E-state index contributed by atoms with van der Waals surface area (Å²) < 4.78 is 0.151. The van der Waals surface area contributed by atoms with Crippen molar-refractivity contribution < 1.29 is 14.7 Å². The highest BCUT2D eigenvalue weighted by molar-refractivity contribution is 8.00. The van der Waals surface area contributed by atoms with Crippen molar-refractivity contribution in [3.8, 4) is 0 Å². The minimum Gasteiger partial charge on any atom is -0.478 e. The van der Waals surface area contributed by atoms with Gasteiger partial charge in [0.15, 0.2) is 0 Å². The van der Waals surface area contributed by atoms with E-state index < -0.39 is 5.97 Å². The van der Waals surface area contributed by atoms with Gasteiger partial charge in [-0.25, -0.2) is 4.79 Å². The molecule has 1 saturated heterocycles. The zero-order valence-corrected chi connectivity index (χ0v) is 12.9. The lowest BCUT2D eigenvalue weighted by Gasteiger charge is -2.22. The molecule has 2 heterocycles. The van der Waals surface area contributed by atoms with Crippen LogP contribution in [0.25, 0.3) is 6.08 Å². The van der Waals surface area contributed by atoms with Crippen LogP contribution in [0.15, 0.2) is 17.5 Å². The Hall–Kier alpha value is -1.27. The molecule has 1 unspecified atom stereocenters. The Kier molecular flexibility index (Phi) is 4.88. The highest BCUT2D eigenvalue weighted by Gasteiger charge is 2.29. The smallest absolute Gasteiger partial charge is 0.328 e. The van der Waals surface area contributed by atoms with E-state index in [1.165, 1.54) is 23.8 Å². The average Bonchev–Trinajstić information content (AvgIpc) is 3.03. The summed E-state index contributed by atoms with van der Waals surface area (Å²) in [6.45, 7) is 2.85. The van der Waals surface area contributed by atoms with Gasteiger partial charge in [0.1, 0.15) is 0 Å². The fourth-order valence-corrected chi connectivity index (χ4v) is 4.08. The van der Waals surface area contributed by atoms with Gasteiger partial charge in [-0.1, -0.05) is 0 Å². The lowest BCUT2D eigenvalue weighted by atomic mass is 10.1. The molecular formula is C14H17NO3S2. The zero-order valence-electron chi connectivity index (χ0n) is 11.2. The number of hydrogen-bond donors (Lipinski definition) is 2. The van der Waals surface area contributed by atoms with Gasteiger partial charge in [-0.05, 0) is 37.7 Å². The third-order valence-electron chi connectivity index (χ3n) is 3.20. The first kappa shape index (κ1) is 15.1. The topological polar surface area (TPSA) is 66.4 Å². The highest BCUT2D eigenvalue weighted by Crippen LogP contribution is 2.37. The van der Waals surface area contributed by atoms with E-state index in [9.17, 15) is 9.59 Å². The van der Waals surface area contributed by atoms with Crippen LogP contribution in [0.5, 0.6) is 0 Å². The van der Waals surface area contributed by atoms with E-state index in [0.717, 1.165) is 23.1 Å². The molecule has 6 heteroatoms.